The number of hydrogen-bond donors (Lipinski definition) is 1. The van der Waals surface area contributed by atoms with Crippen LogP contribution in [0, 0.1) is 0 Å². The van der Waals surface area contributed by atoms with Crippen LogP contribution in [0.1, 0.15) is 24.8 Å². The number of unbranched alkanes of at least 4 members (excludes halogenated alkanes) is 2. The molecule has 0 aliphatic carbocycles. The zero-order valence-electron chi connectivity index (χ0n) is 12.4. The molecule has 0 aliphatic heterocycles. The quantitative estimate of drug-likeness (QED) is 0.625. The summed E-state index contributed by atoms with van der Waals surface area (Å²) in [5.41, 5.74) is 1.82. The molecule has 0 unspecified atom stereocenters. The normalized spacial score (nSPS) is 11.9. The molecule has 0 saturated heterocycles. The van der Waals surface area contributed by atoms with E-state index in [-0.39, 0.29) is 6.61 Å². The maximum Gasteiger partial charge on any atom is 0.415 e. The zero-order chi connectivity index (χ0) is 16.2. The minimum atomic E-state index is -3.34. The van der Waals surface area contributed by atoms with Crippen molar-refractivity contribution in [3.8, 4) is 0 Å². The molecular formula is C15H19NO5S. The van der Waals surface area contributed by atoms with Crippen molar-refractivity contribution in [2.24, 2.45) is 0 Å². The van der Waals surface area contributed by atoms with Gasteiger partial charge in [0.05, 0.1) is 18.4 Å². The van der Waals surface area contributed by atoms with E-state index in [1.165, 1.54) is 4.57 Å². The van der Waals surface area contributed by atoms with Crippen LogP contribution in [-0.2, 0) is 20.7 Å². The molecule has 6 nitrogen and oxygen atoms in total. The van der Waals surface area contributed by atoms with Gasteiger partial charge in [-0.2, -0.15) is 8.42 Å². The van der Waals surface area contributed by atoms with Crippen LogP contribution in [0.15, 0.2) is 30.5 Å². The summed E-state index contributed by atoms with van der Waals surface area (Å²) in [6.45, 7) is 0.222. The number of hydrogen-bond acceptors (Lipinski definition) is 4. The lowest BCUT2D eigenvalue weighted by Crippen LogP contribution is -2.05. The Morgan fingerprint density at radius 2 is 2.00 bits per heavy atom. The summed E-state index contributed by atoms with van der Waals surface area (Å²) in [5.74, 6) is 0. The van der Waals surface area contributed by atoms with E-state index in [1.807, 2.05) is 18.2 Å². The monoisotopic (exact) mass is 325 g/mol. The molecule has 120 valence electrons. The van der Waals surface area contributed by atoms with Crippen molar-refractivity contribution in [1.29, 1.82) is 0 Å². The van der Waals surface area contributed by atoms with E-state index >= 15 is 0 Å². The van der Waals surface area contributed by atoms with Crippen LogP contribution < -0.4 is 0 Å². The number of rotatable bonds is 7. The Bertz CT molecular complexity index is 763. The third-order valence-electron chi connectivity index (χ3n) is 3.37. The van der Waals surface area contributed by atoms with E-state index < -0.39 is 16.2 Å². The molecule has 1 heterocycles. The van der Waals surface area contributed by atoms with E-state index in [2.05, 4.69) is 4.18 Å². The fourth-order valence-electron chi connectivity index (χ4n) is 2.33. The summed E-state index contributed by atoms with van der Waals surface area (Å²) in [7, 11) is -3.34. The molecule has 22 heavy (non-hydrogen) atoms. The second-order valence-corrected chi connectivity index (χ2v) is 6.84. The molecule has 0 saturated carbocycles. The molecule has 1 aromatic carbocycles. The van der Waals surface area contributed by atoms with Crippen LogP contribution in [0.5, 0.6) is 0 Å². The number of carbonyl (C=O) groups is 1. The third-order valence-corrected chi connectivity index (χ3v) is 3.96. The van der Waals surface area contributed by atoms with E-state index in [4.69, 9.17) is 5.11 Å². The largest absolute Gasteiger partial charge is 0.464 e. The number of carboxylic acid groups (broad SMARTS) is 1. The highest BCUT2D eigenvalue weighted by Gasteiger charge is 2.07. The fraction of sp³-hybridized carbons (Fsp3) is 0.400. The van der Waals surface area contributed by atoms with Gasteiger partial charge in [-0.15, -0.1) is 0 Å². The van der Waals surface area contributed by atoms with Gasteiger partial charge < -0.3 is 5.11 Å². The van der Waals surface area contributed by atoms with E-state index in [0.717, 1.165) is 36.5 Å². The van der Waals surface area contributed by atoms with Gasteiger partial charge in [0.2, 0.25) is 0 Å². The molecule has 0 radical (unpaired) electrons. The van der Waals surface area contributed by atoms with Crippen molar-refractivity contribution in [1.82, 2.24) is 4.57 Å². The Balaban J connectivity index is 1.84. The van der Waals surface area contributed by atoms with Crippen LogP contribution in [-0.4, -0.2) is 37.0 Å². The Morgan fingerprint density at radius 3 is 2.68 bits per heavy atom. The maximum absolute atomic E-state index is 11.0. The van der Waals surface area contributed by atoms with Gasteiger partial charge in [0.1, 0.15) is 0 Å². The lowest BCUT2D eigenvalue weighted by Gasteiger charge is -2.04. The van der Waals surface area contributed by atoms with Crippen molar-refractivity contribution in [3.63, 3.8) is 0 Å². The average molecular weight is 325 g/mol. The smallest absolute Gasteiger partial charge is 0.415 e. The van der Waals surface area contributed by atoms with E-state index in [1.54, 1.807) is 12.3 Å². The summed E-state index contributed by atoms with van der Waals surface area (Å²) in [4.78, 5) is 11.0. The van der Waals surface area contributed by atoms with Gasteiger partial charge in [0, 0.05) is 11.6 Å². The van der Waals surface area contributed by atoms with Crippen molar-refractivity contribution >= 4 is 27.1 Å². The zero-order valence-corrected chi connectivity index (χ0v) is 13.2. The summed E-state index contributed by atoms with van der Waals surface area (Å²) < 4.78 is 27.5. The van der Waals surface area contributed by atoms with Crippen molar-refractivity contribution < 1.29 is 22.5 Å². The molecule has 0 spiro atoms. The first-order valence-electron chi connectivity index (χ1n) is 7.04. The second kappa shape index (κ2) is 6.93. The second-order valence-electron chi connectivity index (χ2n) is 5.20. The van der Waals surface area contributed by atoms with Gasteiger partial charge in [-0.3, -0.25) is 8.75 Å². The lowest BCUT2D eigenvalue weighted by molar-refractivity contribution is 0.197. The van der Waals surface area contributed by atoms with Crippen LogP contribution in [0.3, 0.4) is 0 Å². The fourth-order valence-corrected chi connectivity index (χ4v) is 2.75. The lowest BCUT2D eigenvalue weighted by atomic mass is 10.1. The number of nitrogens with zero attached hydrogens (tertiary/aromatic N) is 1. The first-order chi connectivity index (χ1) is 10.4. The number of aryl methyl sites for hydroxylation is 1. The molecule has 0 atom stereocenters. The number of aromatic nitrogens is 1. The van der Waals surface area contributed by atoms with Gasteiger partial charge in [0.25, 0.3) is 10.1 Å². The van der Waals surface area contributed by atoms with Crippen molar-refractivity contribution in [2.75, 3.05) is 12.9 Å². The van der Waals surface area contributed by atoms with Gasteiger partial charge in [-0.1, -0.05) is 12.5 Å². The molecule has 0 bridgehead atoms. The highest BCUT2D eigenvalue weighted by Crippen LogP contribution is 2.19. The Kier molecular flexibility index (Phi) is 5.20. The summed E-state index contributed by atoms with van der Waals surface area (Å²) in [6, 6.07) is 7.51. The standard InChI is InChI=1S/C15H19NO5S/c1-22(19,20)21-10-4-2-3-5-12-6-7-14-13(11-12)8-9-16(14)15(17)18/h6-9,11H,2-5,10H2,1H3,(H,17,18). The first-order valence-corrected chi connectivity index (χ1v) is 8.86. The topological polar surface area (TPSA) is 85.6 Å². The van der Waals surface area contributed by atoms with E-state index in [0.29, 0.717) is 11.9 Å². The van der Waals surface area contributed by atoms with Crippen LogP contribution in [0.25, 0.3) is 10.9 Å². The van der Waals surface area contributed by atoms with Crippen LogP contribution in [0.4, 0.5) is 4.79 Å². The maximum atomic E-state index is 11.0. The molecule has 0 aliphatic rings. The molecule has 2 aromatic rings. The number of fused-ring (bicyclic) bond motifs is 1. The Morgan fingerprint density at radius 1 is 1.23 bits per heavy atom. The molecule has 7 heteroatoms. The van der Waals surface area contributed by atoms with Crippen LogP contribution >= 0.6 is 0 Å². The Labute approximate surface area is 129 Å². The Hall–Kier alpha value is -1.86. The predicted molar refractivity (Wildman–Crippen MR) is 83.7 cm³/mol. The van der Waals surface area contributed by atoms with Gasteiger partial charge in [-0.05, 0) is 43.0 Å². The summed E-state index contributed by atoms with van der Waals surface area (Å²) in [5, 5.41) is 9.93. The van der Waals surface area contributed by atoms with E-state index in [9.17, 15) is 13.2 Å². The highest BCUT2D eigenvalue weighted by atomic mass is 32.2. The van der Waals surface area contributed by atoms with Gasteiger partial charge in [0.15, 0.2) is 0 Å². The summed E-state index contributed by atoms with van der Waals surface area (Å²) in [6.07, 6.45) is 4.97. The third kappa shape index (κ3) is 4.57. The minimum absolute atomic E-state index is 0.222. The molecular weight excluding hydrogens is 306 g/mol. The minimum Gasteiger partial charge on any atom is -0.464 e. The average Bonchev–Trinajstić information content (AvgIpc) is 2.84. The number of benzene rings is 1. The molecule has 2 rings (SSSR count). The van der Waals surface area contributed by atoms with Crippen molar-refractivity contribution in [3.05, 3.63) is 36.0 Å². The van der Waals surface area contributed by atoms with Gasteiger partial charge in [-0.25, -0.2) is 4.79 Å². The molecule has 0 amide bonds. The first kappa shape index (κ1) is 16.5. The van der Waals surface area contributed by atoms with Crippen molar-refractivity contribution in [2.45, 2.75) is 25.7 Å². The molecule has 1 N–H and O–H groups in total. The van der Waals surface area contributed by atoms with Crippen LogP contribution in [0.2, 0.25) is 0 Å². The summed E-state index contributed by atoms with van der Waals surface area (Å²) >= 11 is 0. The molecule has 0 fully saturated rings. The highest BCUT2D eigenvalue weighted by molar-refractivity contribution is 7.85. The molecule has 1 aromatic heterocycles. The van der Waals surface area contributed by atoms with Gasteiger partial charge >= 0.3 is 6.09 Å². The predicted octanol–water partition coefficient (Wildman–Crippen LogP) is 2.86. The SMILES string of the molecule is CS(=O)(=O)OCCCCCc1ccc2c(ccn2C(=O)O)c1.